The van der Waals surface area contributed by atoms with Gasteiger partial charge in [-0.3, -0.25) is 0 Å². The number of hydrogen-bond donors (Lipinski definition) is 1. The Labute approximate surface area is 97.6 Å². The van der Waals surface area contributed by atoms with Gasteiger partial charge in [-0.25, -0.2) is 0 Å². The maximum atomic E-state index is 9.76. The minimum Gasteiger partial charge on any atom is -0.494 e. The van der Waals surface area contributed by atoms with E-state index in [9.17, 15) is 5.11 Å². The molecule has 0 aliphatic carbocycles. The molecule has 1 unspecified atom stereocenters. The van der Waals surface area contributed by atoms with Crippen LogP contribution in [0.3, 0.4) is 0 Å². The zero-order valence-electron chi connectivity index (χ0n) is 10.1. The molecule has 0 heterocycles. The fraction of sp³-hybridized carbons (Fsp3) is 0.429. The van der Waals surface area contributed by atoms with E-state index in [4.69, 9.17) is 4.74 Å². The second-order valence-corrected chi connectivity index (χ2v) is 4.02. The monoisotopic (exact) mass is 220 g/mol. The fourth-order valence-corrected chi connectivity index (χ4v) is 1.37. The molecular formula is C14H20O2. The number of hydrogen-bond acceptors (Lipinski definition) is 2. The average Bonchev–Trinajstić information content (AvgIpc) is 2.29. The van der Waals surface area contributed by atoms with Crippen molar-refractivity contribution < 1.29 is 9.84 Å². The molecule has 1 rings (SSSR count). The van der Waals surface area contributed by atoms with E-state index in [1.165, 1.54) is 0 Å². The van der Waals surface area contributed by atoms with E-state index in [1.807, 2.05) is 31.2 Å². The average molecular weight is 220 g/mol. The van der Waals surface area contributed by atoms with Crippen LogP contribution < -0.4 is 4.74 Å². The number of unbranched alkanes of at least 4 members (excludes halogenated alkanes) is 1. The summed E-state index contributed by atoms with van der Waals surface area (Å²) < 4.78 is 5.54. The highest BCUT2D eigenvalue weighted by molar-refractivity contribution is 5.31. The SMILES string of the molecule is C=C(C)C(O)c1ccc(OCCCC)cc1. The summed E-state index contributed by atoms with van der Waals surface area (Å²) in [6.07, 6.45) is 1.62. The molecule has 0 aliphatic heterocycles. The highest BCUT2D eigenvalue weighted by Gasteiger charge is 2.07. The Balaban J connectivity index is 2.57. The first-order valence-corrected chi connectivity index (χ1v) is 5.71. The van der Waals surface area contributed by atoms with E-state index in [-0.39, 0.29) is 0 Å². The van der Waals surface area contributed by atoms with Gasteiger partial charge < -0.3 is 9.84 Å². The Bertz CT molecular complexity index is 327. The van der Waals surface area contributed by atoms with Crippen LogP contribution in [0.15, 0.2) is 36.4 Å². The zero-order chi connectivity index (χ0) is 12.0. The lowest BCUT2D eigenvalue weighted by Gasteiger charge is -2.11. The molecule has 0 radical (unpaired) electrons. The molecule has 0 bridgehead atoms. The van der Waals surface area contributed by atoms with E-state index < -0.39 is 6.10 Å². The summed E-state index contributed by atoms with van der Waals surface area (Å²) in [4.78, 5) is 0. The first-order chi connectivity index (χ1) is 7.65. The van der Waals surface area contributed by atoms with Crippen molar-refractivity contribution in [1.29, 1.82) is 0 Å². The van der Waals surface area contributed by atoms with Crippen molar-refractivity contribution in [3.63, 3.8) is 0 Å². The largest absolute Gasteiger partial charge is 0.494 e. The molecule has 0 saturated heterocycles. The molecule has 0 aliphatic rings. The van der Waals surface area contributed by atoms with Crippen molar-refractivity contribution >= 4 is 0 Å². The van der Waals surface area contributed by atoms with Crippen LogP contribution in [-0.4, -0.2) is 11.7 Å². The summed E-state index contributed by atoms with van der Waals surface area (Å²) in [5.74, 6) is 0.853. The second-order valence-electron chi connectivity index (χ2n) is 4.02. The summed E-state index contributed by atoms with van der Waals surface area (Å²) in [5, 5.41) is 9.76. The number of ether oxygens (including phenoxy) is 1. The second kappa shape index (κ2) is 6.33. The van der Waals surface area contributed by atoms with Gasteiger partial charge in [0.15, 0.2) is 0 Å². The molecule has 0 fully saturated rings. The highest BCUT2D eigenvalue weighted by Crippen LogP contribution is 2.22. The Morgan fingerprint density at radius 2 is 2.00 bits per heavy atom. The summed E-state index contributed by atoms with van der Waals surface area (Å²) in [7, 11) is 0. The third-order valence-corrected chi connectivity index (χ3v) is 2.43. The van der Waals surface area contributed by atoms with Gasteiger partial charge in [0.05, 0.1) is 12.7 Å². The molecule has 1 aromatic rings. The first-order valence-electron chi connectivity index (χ1n) is 5.71. The lowest BCUT2D eigenvalue weighted by Crippen LogP contribution is -1.99. The molecule has 0 spiro atoms. The van der Waals surface area contributed by atoms with Gasteiger partial charge in [0, 0.05) is 0 Å². The van der Waals surface area contributed by atoms with Crippen LogP contribution in [-0.2, 0) is 0 Å². The number of rotatable bonds is 6. The molecular weight excluding hydrogens is 200 g/mol. The Hall–Kier alpha value is -1.28. The van der Waals surface area contributed by atoms with Gasteiger partial charge in [0.2, 0.25) is 0 Å². The molecule has 2 nitrogen and oxygen atoms in total. The standard InChI is InChI=1S/C14H20O2/c1-4-5-10-16-13-8-6-12(7-9-13)14(15)11(2)3/h6-9,14-15H,2,4-5,10H2,1,3H3. The highest BCUT2D eigenvalue weighted by atomic mass is 16.5. The van der Waals surface area contributed by atoms with E-state index >= 15 is 0 Å². The van der Waals surface area contributed by atoms with Crippen molar-refractivity contribution in [3.8, 4) is 5.75 Å². The van der Waals surface area contributed by atoms with Gasteiger partial charge in [-0.2, -0.15) is 0 Å². The van der Waals surface area contributed by atoms with E-state index in [2.05, 4.69) is 13.5 Å². The van der Waals surface area contributed by atoms with Crippen LogP contribution in [0.4, 0.5) is 0 Å². The molecule has 2 heteroatoms. The lowest BCUT2D eigenvalue weighted by atomic mass is 10.0. The van der Waals surface area contributed by atoms with Gasteiger partial charge in [-0.05, 0) is 36.6 Å². The third kappa shape index (κ3) is 3.70. The van der Waals surface area contributed by atoms with Crippen LogP contribution in [0.1, 0.15) is 38.4 Å². The van der Waals surface area contributed by atoms with Crippen LogP contribution in [0.5, 0.6) is 5.75 Å². The summed E-state index contributed by atoms with van der Waals surface area (Å²) >= 11 is 0. The molecule has 0 saturated carbocycles. The van der Waals surface area contributed by atoms with E-state index in [0.29, 0.717) is 0 Å². The molecule has 16 heavy (non-hydrogen) atoms. The quantitative estimate of drug-likeness (QED) is 0.587. The minimum absolute atomic E-state index is 0.579. The maximum Gasteiger partial charge on any atom is 0.119 e. The molecule has 88 valence electrons. The van der Waals surface area contributed by atoms with Gasteiger partial charge in [-0.15, -0.1) is 0 Å². The summed E-state index contributed by atoms with van der Waals surface area (Å²) in [6.45, 7) is 8.43. The number of aliphatic hydroxyl groups is 1. The lowest BCUT2D eigenvalue weighted by molar-refractivity contribution is 0.216. The number of benzene rings is 1. The smallest absolute Gasteiger partial charge is 0.119 e. The van der Waals surface area contributed by atoms with Crippen molar-refractivity contribution in [2.45, 2.75) is 32.8 Å². The van der Waals surface area contributed by atoms with Crippen molar-refractivity contribution in [2.24, 2.45) is 0 Å². The summed E-state index contributed by atoms with van der Waals surface area (Å²) in [5.41, 5.74) is 1.61. The van der Waals surface area contributed by atoms with Gasteiger partial charge in [-0.1, -0.05) is 32.1 Å². The van der Waals surface area contributed by atoms with Crippen LogP contribution in [0.25, 0.3) is 0 Å². The Morgan fingerprint density at radius 3 is 2.50 bits per heavy atom. The normalized spacial score (nSPS) is 12.2. The molecule has 1 N–H and O–H groups in total. The van der Waals surface area contributed by atoms with Gasteiger partial charge >= 0.3 is 0 Å². The topological polar surface area (TPSA) is 29.5 Å². The first kappa shape index (κ1) is 12.8. The van der Waals surface area contributed by atoms with Crippen molar-refractivity contribution in [3.05, 3.63) is 42.0 Å². The van der Waals surface area contributed by atoms with Gasteiger partial charge in [0.1, 0.15) is 5.75 Å². The molecule has 0 aromatic heterocycles. The van der Waals surface area contributed by atoms with Crippen LogP contribution in [0, 0.1) is 0 Å². The van der Waals surface area contributed by atoms with Crippen LogP contribution >= 0.6 is 0 Å². The van der Waals surface area contributed by atoms with Crippen molar-refractivity contribution in [2.75, 3.05) is 6.61 Å². The van der Waals surface area contributed by atoms with Gasteiger partial charge in [0.25, 0.3) is 0 Å². The summed E-state index contributed by atoms with van der Waals surface area (Å²) in [6, 6.07) is 7.52. The Morgan fingerprint density at radius 1 is 1.38 bits per heavy atom. The third-order valence-electron chi connectivity index (χ3n) is 2.43. The maximum absolute atomic E-state index is 9.76. The predicted octanol–water partition coefficient (Wildman–Crippen LogP) is 3.48. The number of aliphatic hydroxyl groups excluding tert-OH is 1. The molecule has 1 aromatic carbocycles. The van der Waals surface area contributed by atoms with E-state index in [0.717, 1.165) is 36.3 Å². The van der Waals surface area contributed by atoms with Crippen LogP contribution in [0.2, 0.25) is 0 Å². The fourth-order valence-electron chi connectivity index (χ4n) is 1.37. The van der Waals surface area contributed by atoms with Crippen molar-refractivity contribution in [1.82, 2.24) is 0 Å². The Kier molecular flexibility index (Phi) is 5.06. The molecule has 1 atom stereocenters. The van der Waals surface area contributed by atoms with E-state index in [1.54, 1.807) is 0 Å². The zero-order valence-corrected chi connectivity index (χ0v) is 10.1. The minimum atomic E-state index is -0.579. The predicted molar refractivity (Wildman–Crippen MR) is 66.6 cm³/mol. The molecule has 0 amide bonds.